The van der Waals surface area contributed by atoms with Gasteiger partial charge in [-0.25, -0.2) is 0 Å². The van der Waals surface area contributed by atoms with E-state index in [2.05, 4.69) is 17.4 Å². The number of benzene rings is 1. The molecular weight excluding hydrogens is 252 g/mol. The molecule has 0 saturated carbocycles. The van der Waals surface area contributed by atoms with E-state index in [4.69, 9.17) is 0 Å². The van der Waals surface area contributed by atoms with E-state index in [9.17, 15) is 9.59 Å². The molecule has 3 rings (SSSR count). The highest BCUT2D eigenvalue weighted by Crippen LogP contribution is 2.28. The zero-order valence-electron chi connectivity index (χ0n) is 12.0. The lowest BCUT2D eigenvalue weighted by Crippen LogP contribution is -2.67. The summed E-state index contributed by atoms with van der Waals surface area (Å²) in [4.78, 5) is 26.4. The number of fused-ring (bicyclic) bond motifs is 1. The summed E-state index contributed by atoms with van der Waals surface area (Å²) in [5.74, 6) is 0.00214. The number of amides is 2. The summed E-state index contributed by atoms with van der Waals surface area (Å²) in [6, 6.07) is 8.41. The van der Waals surface area contributed by atoms with E-state index in [0.29, 0.717) is 6.42 Å². The maximum Gasteiger partial charge on any atom is 0.248 e. The first-order chi connectivity index (χ1) is 9.53. The third-order valence-corrected chi connectivity index (χ3v) is 4.64. The number of piperazine rings is 1. The van der Waals surface area contributed by atoms with Gasteiger partial charge in [0.1, 0.15) is 5.54 Å². The quantitative estimate of drug-likeness (QED) is 0.881. The summed E-state index contributed by atoms with van der Waals surface area (Å²) >= 11 is 0. The largest absolute Gasteiger partial charge is 0.340 e. The normalized spacial score (nSPS) is 26.6. The molecule has 2 aliphatic rings. The number of nitrogens with one attached hydrogen (secondary N) is 1. The van der Waals surface area contributed by atoms with Gasteiger partial charge in [0.2, 0.25) is 11.8 Å². The Balaban J connectivity index is 1.84. The maximum absolute atomic E-state index is 12.7. The van der Waals surface area contributed by atoms with Crippen molar-refractivity contribution >= 4 is 11.8 Å². The van der Waals surface area contributed by atoms with E-state index in [1.807, 2.05) is 26.0 Å². The number of hydrogen-bond acceptors (Lipinski definition) is 2. The van der Waals surface area contributed by atoms with Crippen molar-refractivity contribution in [3.8, 4) is 0 Å². The molecular formula is C16H20N2O2. The third-order valence-electron chi connectivity index (χ3n) is 4.64. The van der Waals surface area contributed by atoms with Crippen molar-refractivity contribution in [2.45, 2.75) is 44.7 Å². The molecule has 1 aliphatic carbocycles. The zero-order chi connectivity index (χ0) is 14.3. The van der Waals surface area contributed by atoms with Gasteiger partial charge in [-0.1, -0.05) is 31.2 Å². The minimum absolute atomic E-state index is 0.0510. The minimum Gasteiger partial charge on any atom is -0.340 e. The van der Waals surface area contributed by atoms with Crippen molar-refractivity contribution in [1.82, 2.24) is 10.2 Å². The van der Waals surface area contributed by atoms with Gasteiger partial charge in [0, 0.05) is 6.04 Å². The second-order valence-electron chi connectivity index (χ2n) is 6.00. The Morgan fingerprint density at radius 1 is 1.25 bits per heavy atom. The average molecular weight is 272 g/mol. The third kappa shape index (κ3) is 1.99. The average Bonchev–Trinajstić information content (AvgIpc) is 2.86. The molecule has 0 spiro atoms. The van der Waals surface area contributed by atoms with Gasteiger partial charge in [0.05, 0.1) is 6.54 Å². The molecule has 1 aromatic rings. The van der Waals surface area contributed by atoms with E-state index in [1.54, 1.807) is 4.90 Å². The van der Waals surface area contributed by atoms with Crippen molar-refractivity contribution in [3.05, 3.63) is 35.4 Å². The smallest absolute Gasteiger partial charge is 0.248 e. The summed E-state index contributed by atoms with van der Waals surface area (Å²) in [5, 5.41) is 2.84. The van der Waals surface area contributed by atoms with Crippen LogP contribution in [0.15, 0.2) is 24.3 Å². The fourth-order valence-electron chi connectivity index (χ4n) is 3.23. The Hall–Kier alpha value is -1.84. The molecule has 1 unspecified atom stereocenters. The number of nitrogens with zero attached hydrogens (tertiary/aromatic N) is 1. The van der Waals surface area contributed by atoms with E-state index in [1.165, 1.54) is 11.1 Å². The summed E-state index contributed by atoms with van der Waals surface area (Å²) in [6.45, 7) is 3.94. The number of carbonyl (C=O) groups is 2. The highest BCUT2D eigenvalue weighted by atomic mass is 16.2. The van der Waals surface area contributed by atoms with Gasteiger partial charge in [0.15, 0.2) is 0 Å². The van der Waals surface area contributed by atoms with E-state index in [0.717, 1.165) is 12.8 Å². The Labute approximate surface area is 119 Å². The van der Waals surface area contributed by atoms with Crippen molar-refractivity contribution in [2.24, 2.45) is 0 Å². The van der Waals surface area contributed by atoms with Crippen molar-refractivity contribution in [1.29, 1.82) is 0 Å². The molecule has 2 amide bonds. The van der Waals surface area contributed by atoms with Crippen LogP contribution in [0.5, 0.6) is 0 Å². The lowest BCUT2D eigenvalue weighted by Gasteiger charge is -2.42. The van der Waals surface area contributed by atoms with E-state index < -0.39 is 5.54 Å². The first-order valence-electron chi connectivity index (χ1n) is 7.22. The molecule has 20 heavy (non-hydrogen) atoms. The highest BCUT2D eigenvalue weighted by molar-refractivity contribution is 5.97. The molecule has 0 bridgehead atoms. The Kier molecular flexibility index (Phi) is 3.04. The molecule has 0 radical (unpaired) electrons. The fraction of sp³-hybridized carbons (Fsp3) is 0.500. The number of hydrogen-bond donors (Lipinski definition) is 1. The number of carbonyl (C=O) groups excluding carboxylic acids is 2. The lowest BCUT2D eigenvalue weighted by atomic mass is 9.93. The van der Waals surface area contributed by atoms with Crippen LogP contribution in [-0.4, -0.2) is 34.8 Å². The monoisotopic (exact) mass is 272 g/mol. The van der Waals surface area contributed by atoms with Gasteiger partial charge in [-0.15, -0.1) is 0 Å². The molecule has 1 N–H and O–H groups in total. The SMILES string of the molecule is CCC1(C)NC(=O)CN(C2Cc3ccccc3C2)C1=O. The molecule has 0 aromatic heterocycles. The van der Waals surface area contributed by atoms with E-state index >= 15 is 0 Å². The standard InChI is InChI=1S/C16H20N2O2/c1-3-16(2)15(20)18(10-14(19)17-16)13-8-11-6-4-5-7-12(11)9-13/h4-7,13H,3,8-10H2,1-2H3,(H,17,19). The lowest BCUT2D eigenvalue weighted by molar-refractivity contribution is -0.151. The molecule has 1 aliphatic heterocycles. The van der Waals surface area contributed by atoms with Crippen LogP contribution in [0.4, 0.5) is 0 Å². The van der Waals surface area contributed by atoms with Crippen LogP contribution in [0, 0.1) is 0 Å². The van der Waals surface area contributed by atoms with Gasteiger partial charge < -0.3 is 10.2 Å². The first-order valence-corrected chi connectivity index (χ1v) is 7.22. The van der Waals surface area contributed by atoms with Crippen LogP contribution in [0.3, 0.4) is 0 Å². The second kappa shape index (κ2) is 4.62. The first kappa shape index (κ1) is 13.2. The Bertz CT molecular complexity index is 544. The van der Waals surface area contributed by atoms with Crippen molar-refractivity contribution < 1.29 is 9.59 Å². The van der Waals surface area contributed by atoms with Crippen LogP contribution in [0.2, 0.25) is 0 Å². The predicted octanol–water partition coefficient (Wildman–Crippen LogP) is 1.28. The van der Waals surface area contributed by atoms with E-state index in [-0.39, 0.29) is 24.4 Å². The molecule has 1 saturated heterocycles. The summed E-state index contributed by atoms with van der Waals surface area (Å²) < 4.78 is 0. The maximum atomic E-state index is 12.7. The number of rotatable bonds is 2. The fourth-order valence-corrected chi connectivity index (χ4v) is 3.23. The molecule has 1 heterocycles. The van der Waals surface area contributed by atoms with Crippen molar-refractivity contribution in [2.75, 3.05) is 6.54 Å². The van der Waals surface area contributed by atoms with Crippen LogP contribution < -0.4 is 5.32 Å². The van der Waals surface area contributed by atoms with Crippen LogP contribution in [0.25, 0.3) is 0 Å². The molecule has 106 valence electrons. The van der Waals surface area contributed by atoms with Gasteiger partial charge in [-0.3, -0.25) is 9.59 Å². The molecule has 1 aromatic carbocycles. The molecule has 1 fully saturated rings. The van der Waals surface area contributed by atoms with Gasteiger partial charge in [0.25, 0.3) is 0 Å². The Morgan fingerprint density at radius 3 is 2.40 bits per heavy atom. The van der Waals surface area contributed by atoms with Crippen molar-refractivity contribution in [3.63, 3.8) is 0 Å². The Morgan fingerprint density at radius 2 is 1.85 bits per heavy atom. The summed E-state index contributed by atoms with van der Waals surface area (Å²) in [7, 11) is 0. The predicted molar refractivity (Wildman–Crippen MR) is 76.2 cm³/mol. The highest BCUT2D eigenvalue weighted by Gasteiger charge is 2.44. The summed E-state index contributed by atoms with van der Waals surface area (Å²) in [6.07, 6.45) is 2.33. The van der Waals surface area contributed by atoms with Gasteiger partial charge in [-0.2, -0.15) is 0 Å². The van der Waals surface area contributed by atoms with Gasteiger partial charge >= 0.3 is 0 Å². The molecule has 1 atom stereocenters. The second-order valence-corrected chi connectivity index (χ2v) is 6.00. The molecule has 4 heteroatoms. The van der Waals surface area contributed by atoms with Crippen LogP contribution >= 0.6 is 0 Å². The van der Waals surface area contributed by atoms with Gasteiger partial charge in [-0.05, 0) is 37.3 Å². The van der Waals surface area contributed by atoms with Crippen LogP contribution in [0.1, 0.15) is 31.4 Å². The zero-order valence-corrected chi connectivity index (χ0v) is 12.0. The topological polar surface area (TPSA) is 49.4 Å². The molecule has 4 nitrogen and oxygen atoms in total. The summed E-state index contributed by atoms with van der Waals surface area (Å²) in [5.41, 5.74) is 1.85. The van der Waals surface area contributed by atoms with Crippen LogP contribution in [-0.2, 0) is 22.4 Å². The minimum atomic E-state index is -0.746.